The Hall–Kier alpha value is -2.77. The van der Waals surface area contributed by atoms with Gasteiger partial charge in [0.25, 0.3) is 0 Å². The van der Waals surface area contributed by atoms with Crippen LogP contribution in [-0.2, 0) is 12.4 Å². The Bertz CT molecular complexity index is 786. The van der Waals surface area contributed by atoms with Crippen molar-refractivity contribution in [2.24, 2.45) is 0 Å². The summed E-state index contributed by atoms with van der Waals surface area (Å²) in [6.45, 7) is 0. The van der Waals surface area contributed by atoms with E-state index in [2.05, 4.69) is 0 Å². The Balaban J connectivity index is 2.39. The number of ketones is 1. The zero-order valence-electron chi connectivity index (χ0n) is 12.3. The van der Waals surface area contributed by atoms with Gasteiger partial charge in [-0.25, -0.2) is 0 Å². The summed E-state index contributed by atoms with van der Waals surface area (Å²) in [6, 6.07) is 6.20. The summed E-state index contributed by atoms with van der Waals surface area (Å²) < 4.78 is 76.5. The molecule has 0 aromatic heterocycles. The van der Waals surface area contributed by atoms with Crippen LogP contribution >= 0.6 is 0 Å². The highest BCUT2D eigenvalue weighted by Gasteiger charge is 2.36. The van der Waals surface area contributed by atoms with E-state index >= 15 is 0 Å². The number of rotatable bonds is 3. The molecule has 2 nitrogen and oxygen atoms in total. The molecule has 0 aliphatic rings. The standard InChI is InChI=1S/C17H10F6O2/c18-16(19,20)12-6-10(7-13(9-12)17(21,22)23)4-5-15(25)11-2-1-3-14(24)8-11/h1-9,24H. The van der Waals surface area contributed by atoms with Crippen LogP contribution in [0.25, 0.3) is 6.08 Å². The molecule has 0 saturated carbocycles. The van der Waals surface area contributed by atoms with Crippen molar-refractivity contribution in [3.8, 4) is 5.75 Å². The Morgan fingerprint density at radius 2 is 1.44 bits per heavy atom. The van der Waals surface area contributed by atoms with Crippen LogP contribution < -0.4 is 0 Å². The number of carbonyl (C=O) groups is 1. The maximum Gasteiger partial charge on any atom is 0.416 e. The fourth-order valence-corrected chi connectivity index (χ4v) is 2.00. The van der Waals surface area contributed by atoms with Crippen LogP contribution in [0.4, 0.5) is 26.3 Å². The fraction of sp³-hybridized carbons (Fsp3) is 0.118. The minimum Gasteiger partial charge on any atom is -0.508 e. The molecule has 8 heteroatoms. The Morgan fingerprint density at radius 1 is 0.880 bits per heavy atom. The Kier molecular flexibility index (Phi) is 4.92. The number of allylic oxidation sites excluding steroid dienone is 1. The van der Waals surface area contributed by atoms with E-state index in [0.717, 1.165) is 18.2 Å². The molecule has 1 N–H and O–H groups in total. The molecule has 2 aromatic carbocycles. The number of benzene rings is 2. The van der Waals surface area contributed by atoms with Crippen molar-refractivity contribution in [3.05, 3.63) is 70.8 Å². The molecule has 0 heterocycles. The van der Waals surface area contributed by atoms with E-state index < -0.39 is 34.8 Å². The van der Waals surface area contributed by atoms with E-state index in [4.69, 9.17) is 0 Å². The third-order valence-corrected chi connectivity index (χ3v) is 3.17. The second-order valence-corrected chi connectivity index (χ2v) is 5.09. The fourth-order valence-electron chi connectivity index (χ4n) is 2.00. The van der Waals surface area contributed by atoms with E-state index in [9.17, 15) is 36.2 Å². The maximum absolute atomic E-state index is 12.8. The van der Waals surface area contributed by atoms with E-state index in [1.165, 1.54) is 18.2 Å². The van der Waals surface area contributed by atoms with Gasteiger partial charge in [0.1, 0.15) is 5.75 Å². The number of carbonyl (C=O) groups excluding carboxylic acids is 1. The summed E-state index contributed by atoms with van der Waals surface area (Å²) in [5.41, 5.74) is -3.31. The zero-order chi connectivity index (χ0) is 18.8. The summed E-state index contributed by atoms with van der Waals surface area (Å²) in [5.74, 6) is -0.875. The summed E-state index contributed by atoms with van der Waals surface area (Å²) in [7, 11) is 0. The van der Waals surface area contributed by atoms with Gasteiger partial charge in [-0.15, -0.1) is 0 Å². The van der Waals surface area contributed by atoms with E-state index in [1.807, 2.05) is 0 Å². The second kappa shape index (κ2) is 6.62. The summed E-state index contributed by atoms with van der Waals surface area (Å²) in [6.07, 6.45) is -8.22. The van der Waals surface area contributed by atoms with Gasteiger partial charge in [-0.05, 0) is 42.0 Å². The quantitative estimate of drug-likeness (QED) is 0.457. The van der Waals surface area contributed by atoms with Crippen molar-refractivity contribution in [2.75, 3.05) is 0 Å². The number of phenolic OH excluding ortho intramolecular Hbond substituents is 1. The highest BCUT2D eigenvalue weighted by Crippen LogP contribution is 2.36. The predicted molar refractivity (Wildman–Crippen MR) is 77.9 cm³/mol. The minimum absolute atomic E-state index is 0.00833. The van der Waals surface area contributed by atoms with Gasteiger partial charge in [0.2, 0.25) is 0 Å². The first-order valence-electron chi connectivity index (χ1n) is 6.78. The van der Waals surface area contributed by atoms with Gasteiger partial charge in [-0.2, -0.15) is 26.3 Å². The van der Waals surface area contributed by atoms with Gasteiger partial charge in [0, 0.05) is 5.56 Å². The second-order valence-electron chi connectivity index (χ2n) is 5.09. The number of hydrogen-bond donors (Lipinski definition) is 1. The van der Waals surface area contributed by atoms with Crippen molar-refractivity contribution in [1.82, 2.24) is 0 Å². The van der Waals surface area contributed by atoms with Crippen molar-refractivity contribution in [1.29, 1.82) is 0 Å². The highest BCUT2D eigenvalue weighted by molar-refractivity contribution is 6.07. The average Bonchev–Trinajstić information content (AvgIpc) is 2.50. The molecular formula is C17H10F6O2. The molecule has 0 radical (unpaired) electrons. The lowest BCUT2D eigenvalue weighted by molar-refractivity contribution is -0.143. The topological polar surface area (TPSA) is 37.3 Å². The zero-order valence-corrected chi connectivity index (χ0v) is 12.3. The molecule has 0 fully saturated rings. The van der Waals surface area contributed by atoms with Crippen LogP contribution in [0.15, 0.2) is 48.5 Å². The van der Waals surface area contributed by atoms with Gasteiger partial charge >= 0.3 is 12.4 Å². The van der Waals surface area contributed by atoms with Crippen LogP contribution in [0.1, 0.15) is 27.0 Å². The molecule has 0 spiro atoms. The molecule has 0 saturated heterocycles. The Morgan fingerprint density at radius 3 is 1.92 bits per heavy atom. The van der Waals surface area contributed by atoms with E-state index in [1.54, 1.807) is 0 Å². The minimum atomic E-state index is -4.96. The lowest BCUT2D eigenvalue weighted by Gasteiger charge is -2.12. The van der Waals surface area contributed by atoms with E-state index in [0.29, 0.717) is 12.1 Å². The first kappa shape index (κ1) is 18.6. The van der Waals surface area contributed by atoms with Gasteiger partial charge in [-0.3, -0.25) is 4.79 Å². The molecule has 0 aliphatic carbocycles. The first-order valence-corrected chi connectivity index (χ1v) is 6.78. The first-order chi connectivity index (χ1) is 11.5. The summed E-state index contributed by atoms with van der Waals surface area (Å²) >= 11 is 0. The van der Waals surface area contributed by atoms with Gasteiger partial charge < -0.3 is 5.11 Å². The van der Waals surface area contributed by atoms with Crippen LogP contribution in [0, 0.1) is 0 Å². The monoisotopic (exact) mass is 360 g/mol. The van der Waals surface area contributed by atoms with E-state index in [-0.39, 0.29) is 17.4 Å². The van der Waals surface area contributed by atoms with Gasteiger partial charge in [0.05, 0.1) is 11.1 Å². The lowest BCUT2D eigenvalue weighted by Crippen LogP contribution is -2.11. The van der Waals surface area contributed by atoms with Crippen LogP contribution in [-0.4, -0.2) is 10.9 Å². The predicted octanol–water partition coefficient (Wildman–Crippen LogP) is 5.33. The summed E-state index contributed by atoms with van der Waals surface area (Å²) in [5, 5.41) is 9.27. The van der Waals surface area contributed by atoms with Crippen molar-refractivity contribution in [3.63, 3.8) is 0 Å². The van der Waals surface area contributed by atoms with Crippen molar-refractivity contribution < 1.29 is 36.2 Å². The third kappa shape index (κ3) is 4.85. The largest absolute Gasteiger partial charge is 0.508 e. The molecule has 0 amide bonds. The van der Waals surface area contributed by atoms with Crippen molar-refractivity contribution in [2.45, 2.75) is 12.4 Å². The van der Waals surface area contributed by atoms with Gasteiger partial charge in [0.15, 0.2) is 5.78 Å². The Labute approximate surface area is 138 Å². The van der Waals surface area contributed by atoms with Crippen LogP contribution in [0.5, 0.6) is 5.75 Å². The third-order valence-electron chi connectivity index (χ3n) is 3.17. The average molecular weight is 360 g/mol. The lowest BCUT2D eigenvalue weighted by atomic mass is 10.0. The normalized spacial score (nSPS) is 12.6. The molecule has 0 bridgehead atoms. The molecule has 2 rings (SSSR count). The highest BCUT2D eigenvalue weighted by atomic mass is 19.4. The molecular weight excluding hydrogens is 350 g/mol. The molecule has 132 valence electrons. The number of alkyl halides is 6. The van der Waals surface area contributed by atoms with Crippen LogP contribution in [0.3, 0.4) is 0 Å². The molecule has 0 aliphatic heterocycles. The number of hydrogen-bond acceptors (Lipinski definition) is 2. The number of halogens is 6. The molecule has 0 unspecified atom stereocenters. The number of aromatic hydroxyl groups is 1. The van der Waals surface area contributed by atoms with Gasteiger partial charge in [-0.1, -0.05) is 18.2 Å². The van der Waals surface area contributed by atoms with Crippen molar-refractivity contribution >= 4 is 11.9 Å². The molecule has 0 atom stereocenters. The SMILES string of the molecule is O=C(C=Cc1cc(C(F)(F)F)cc(C(F)(F)F)c1)c1cccc(O)c1. The number of phenols is 1. The molecule has 25 heavy (non-hydrogen) atoms. The summed E-state index contributed by atoms with van der Waals surface area (Å²) in [4.78, 5) is 11.9. The molecule has 2 aromatic rings. The van der Waals surface area contributed by atoms with Crippen LogP contribution in [0.2, 0.25) is 0 Å². The smallest absolute Gasteiger partial charge is 0.416 e. The maximum atomic E-state index is 12.8.